The van der Waals surface area contributed by atoms with Crippen molar-refractivity contribution in [1.29, 1.82) is 0 Å². The van der Waals surface area contributed by atoms with Gasteiger partial charge in [-0.05, 0) is 25.5 Å². The maximum Gasteiger partial charge on any atom is 0.237 e. The molecule has 1 amide bonds. The molecule has 3 nitrogen and oxygen atoms in total. The molecule has 0 aliphatic heterocycles. The molecule has 1 aromatic carbocycles. The Bertz CT molecular complexity index is 352. The molecular weight excluding hydrogens is 256 g/mol. The van der Waals surface area contributed by atoms with E-state index in [0.29, 0.717) is 0 Å². The van der Waals surface area contributed by atoms with Crippen molar-refractivity contribution < 1.29 is 4.79 Å². The Morgan fingerprint density at radius 2 is 2.00 bits per heavy atom. The van der Waals surface area contributed by atoms with Gasteiger partial charge in [0.15, 0.2) is 0 Å². The van der Waals surface area contributed by atoms with E-state index in [1.807, 2.05) is 31.2 Å². The van der Waals surface area contributed by atoms with Crippen LogP contribution in [-0.2, 0) is 4.79 Å². The average Bonchev–Trinajstić information content (AvgIpc) is 2.18. The van der Waals surface area contributed by atoms with E-state index in [-0.39, 0.29) is 11.9 Å². The third-order valence-electron chi connectivity index (χ3n) is 2.14. The summed E-state index contributed by atoms with van der Waals surface area (Å²) >= 11 is 3.44. The minimum Gasteiger partial charge on any atom is -0.348 e. The lowest BCUT2D eigenvalue weighted by atomic mass is 10.1. The number of nitrogens with two attached hydrogens (primary N) is 1. The predicted octanol–water partition coefficient (Wildman–Crippen LogP) is 1.97. The van der Waals surface area contributed by atoms with Crippen LogP contribution in [0.4, 0.5) is 0 Å². The van der Waals surface area contributed by atoms with Gasteiger partial charge in [-0.3, -0.25) is 4.79 Å². The van der Waals surface area contributed by atoms with Crippen LogP contribution >= 0.6 is 15.9 Å². The SMILES string of the molecule is C[C@H](NC(=O)[C@@H](C)N)c1ccccc1Br. The molecule has 0 saturated heterocycles. The molecule has 0 spiro atoms. The summed E-state index contributed by atoms with van der Waals surface area (Å²) < 4.78 is 0.988. The van der Waals surface area contributed by atoms with Crippen molar-refractivity contribution in [3.63, 3.8) is 0 Å². The maximum atomic E-state index is 11.4. The third-order valence-corrected chi connectivity index (χ3v) is 2.87. The highest BCUT2D eigenvalue weighted by Gasteiger charge is 2.13. The number of halogens is 1. The summed E-state index contributed by atoms with van der Waals surface area (Å²) in [6.45, 7) is 3.60. The normalized spacial score (nSPS) is 14.4. The lowest BCUT2D eigenvalue weighted by molar-refractivity contribution is -0.122. The van der Waals surface area contributed by atoms with E-state index in [0.717, 1.165) is 10.0 Å². The molecule has 0 saturated carbocycles. The first kappa shape index (κ1) is 12.2. The van der Waals surface area contributed by atoms with Crippen molar-refractivity contribution in [3.05, 3.63) is 34.3 Å². The Morgan fingerprint density at radius 1 is 1.40 bits per heavy atom. The van der Waals surface area contributed by atoms with Crippen molar-refractivity contribution in [2.24, 2.45) is 5.73 Å². The molecule has 82 valence electrons. The fraction of sp³-hybridized carbons (Fsp3) is 0.364. The molecule has 0 fully saturated rings. The molecular formula is C11H15BrN2O. The van der Waals surface area contributed by atoms with Crippen LogP contribution < -0.4 is 11.1 Å². The van der Waals surface area contributed by atoms with Gasteiger partial charge in [0, 0.05) is 4.47 Å². The summed E-state index contributed by atoms with van der Waals surface area (Å²) in [4.78, 5) is 11.4. The van der Waals surface area contributed by atoms with Crippen molar-refractivity contribution >= 4 is 21.8 Å². The number of carbonyl (C=O) groups is 1. The van der Waals surface area contributed by atoms with E-state index in [1.54, 1.807) is 6.92 Å². The highest BCUT2D eigenvalue weighted by molar-refractivity contribution is 9.10. The number of rotatable bonds is 3. The van der Waals surface area contributed by atoms with Crippen LogP contribution in [0.5, 0.6) is 0 Å². The van der Waals surface area contributed by atoms with Gasteiger partial charge < -0.3 is 11.1 Å². The first-order valence-electron chi connectivity index (χ1n) is 4.82. The molecule has 2 atom stereocenters. The zero-order valence-electron chi connectivity index (χ0n) is 8.83. The van der Waals surface area contributed by atoms with Crippen LogP contribution in [0.25, 0.3) is 0 Å². The number of amides is 1. The molecule has 4 heteroatoms. The van der Waals surface area contributed by atoms with Crippen molar-refractivity contribution in [2.75, 3.05) is 0 Å². The van der Waals surface area contributed by atoms with E-state index >= 15 is 0 Å². The van der Waals surface area contributed by atoms with E-state index in [1.165, 1.54) is 0 Å². The number of nitrogens with one attached hydrogen (secondary N) is 1. The van der Waals surface area contributed by atoms with Crippen LogP contribution in [0.3, 0.4) is 0 Å². The molecule has 1 rings (SSSR count). The summed E-state index contributed by atoms with van der Waals surface area (Å²) in [7, 11) is 0. The Hall–Kier alpha value is -0.870. The first-order valence-corrected chi connectivity index (χ1v) is 5.62. The summed E-state index contributed by atoms with van der Waals surface area (Å²) in [6, 6.07) is 7.27. The quantitative estimate of drug-likeness (QED) is 0.883. The summed E-state index contributed by atoms with van der Waals surface area (Å²) in [5, 5.41) is 2.84. The second kappa shape index (κ2) is 5.28. The van der Waals surface area contributed by atoms with Crippen LogP contribution in [0.15, 0.2) is 28.7 Å². The second-order valence-corrected chi connectivity index (χ2v) is 4.39. The molecule has 15 heavy (non-hydrogen) atoms. The molecule has 0 radical (unpaired) electrons. The molecule has 3 N–H and O–H groups in total. The number of hydrogen-bond acceptors (Lipinski definition) is 2. The third kappa shape index (κ3) is 3.32. The monoisotopic (exact) mass is 270 g/mol. The molecule has 0 aliphatic rings. The minimum absolute atomic E-state index is 0.0425. The Morgan fingerprint density at radius 3 is 2.53 bits per heavy atom. The Kier molecular flexibility index (Phi) is 4.29. The van der Waals surface area contributed by atoms with E-state index < -0.39 is 6.04 Å². The van der Waals surface area contributed by atoms with Gasteiger partial charge in [-0.2, -0.15) is 0 Å². The van der Waals surface area contributed by atoms with E-state index in [2.05, 4.69) is 21.2 Å². The molecule has 0 heterocycles. The van der Waals surface area contributed by atoms with Crippen LogP contribution in [0.1, 0.15) is 25.5 Å². The van der Waals surface area contributed by atoms with Gasteiger partial charge in [-0.25, -0.2) is 0 Å². The minimum atomic E-state index is -0.477. The molecule has 0 unspecified atom stereocenters. The lowest BCUT2D eigenvalue weighted by Gasteiger charge is -2.17. The standard InChI is InChI=1S/C11H15BrN2O/c1-7(13)11(15)14-8(2)9-5-3-4-6-10(9)12/h3-8H,13H2,1-2H3,(H,14,15)/t7-,8+/m1/s1. The molecule has 0 aromatic heterocycles. The number of benzene rings is 1. The topological polar surface area (TPSA) is 55.1 Å². The van der Waals surface area contributed by atoms with Crippen LogP contribution in [-0.4, -0.2) is 11.9 Å². The summed E-state index contributed by atoms with van der Waals surface area (Å²) in [6.07, 6.45) is 0. The zero-order valence-corrected chi connectivity index (χ0v) is 10.4. The molecule has 0 bridgehead atoms. The fourth-order valence-electron chi connectivity index (χ4n) is 1.25. The predicted molar refractivity (Wildman–Crippen MR) is 64.3 cm³/mol. The Balaban J connectivity index is 2.73. The smallest absolute Gasteiger partial charge is 0.237 e. The van der Waals surface area contributed by atoms with Gasteiger partial charge in [0.2, 0.25) is 5.91 Å². The highest BCUT2D eigenvalue weighted by Crippen LogP contribution is 2.22. The van der Waals surface area contributed by atoms with E-state index in [4.69, 9.17) is 5.73 Å². The lowest BCUT2D eigenvalue weighted by Crippen LogP contribution is -2.39. The van der Waals surface area contributed by atoms with Crippen LogP contribution in [0, 0.1) is 0 Å². The van der Waals surface area contributed by atoms with Gasteiger partial charge >= 0.3 is 0 Å². The number of hydrogen-bond donors (Lipinski definition) is 2. The molecule has 1 aromatic rings. The van der Waals surface area contributed by atoms with Crippen molar-refractivity contribution in [2.45, 2.75) is 25.9 Å². The van der Waals surface area contributed by atoms with Crippen LogP contribution in [0.2, 0.25) is 0 Å². The zero-order chi connectivity index (χ0) is 11.4. The van der Waals surface area contributed by atoms with Gasteiger partial charge in [0.1, 0.15) is 0 Å². The van der Waals surface area contributed by atoms with Gasteiger partial charge in [0.25, 0.3) is 0 Å². The van der Waals surface area contributed by atoms with Gasteiger partial charge in [-0.15, -0.1) is 0 Å². The summed E-state index contributed by atoms with van der Waals surface area (Å²) in [5.74, 6) is -0.141. The number of carbonyl (C=O) groups excluding carboxylic acids is 1. The average molecular weight is 271 g/mol. The Labute approximate surface area is 98.2 Å². The van der Waals surface area contributed by atoms with Crippen molar-refractivity contribution in [3.8, 4) is 0 Å². The van der Waals surface area contributed by atoms with E-state index in [9.17, 15) is 4.79 Å². The van der Waals surface area contributed by atoms with Crippen molar-refractivity contribution in [1.82, 2.24) is 5.32 Å². The van der Waals surface area contributed by atoms with Gasteiger partial charge in [-0.1, -0.05) is 34.1 Å². The molecule has 0 aliphatic carbocycles. The fourth-order valence-corrected chi connectivity index (χ4v) is 1.88. The first-order chi connectivity index (χ1) is 7.02. The van der Waals surface area contributed by atoms with Gasteiger partial charge in [0.05, 0.1) is 12.1 Å². The highest BCUT2D eigenvalue weighted by atomic mass is 79.9. The largest absolute Gasteiger partial charge is 0.348 e. The maximum absolute atomic E-state index is 11.4. The summed E-state index contributed by atoms with van der Waals surface area (Å²) in [5.41, 5.74) is 6.52. The second-order valence-electron chi connectivity index (χ2n) is 3.54.